The maximum absolute atomic E-state index is 9.53. The second-order valence-corrected chi connectivity index (χ2v) is 9.93. The van der Waals surface area contributed by atoms with Crippen LogP contribution in [0.3, 0.4) is 0 Å². The monoisotopic (exact) mass is 396 g/mol. The summed E-state index contributed by atoms with van der Waals surface area (Å²) in [5, 5.41) is 9.53. The molecule has 150 valence electrons. The molecular weight excluding hydrogens is 364 g/mol. The summed E-state index contributed by atoms with van der Waals surface area (Å²) in [7, 11) is 0. The second-order valence-electron chi connectivity index (χ2n) is 8.78. The third-order valence-electron chi connectivity index (χ3n) is 6.63. The fraction of sp³-hybridized carbons (Fsp3) is 0.542. The lowest BCUT2D eigenvalue weighted by Gasteiger charge is -2.26. The Kier molecular flexibility index (Phi) is 6.39. The van der Waals surface area contributed by atoms with E-state index in [0.717, 1.165) is 31.6 Å². The van der Waals surface area contributed by atoms with E-state index in [0.29, 0.717) is 5.92 Å². The van der Waals surface area contributed by atoms with Crippen LogP contribution in [0.25, 0.3) is 0 Å². The average molecular weight is 397 g/mol. The van der Waals surface area contributed by atoms with Crippen LogP contribution in [0.4, 0.5) is 0 Å². The number of aromatic nitrogens is 1. The van der Waals surface area contributed by atoms with Crippen molar-refractivity contribution < 1.29 is 5.11 Å². The van der Waals surface area contributed by atoms with Crippen molar-refractivity contribution in [2.75, 3.05) is 18.1 Å². The van der Waals surface area contributed by atoms with E-state index in [9.17, 15) is 5.11 Å². The van der Waals surface area contributed by atoms with E-state index in [4.69, 9.17) is 5.73 Å². The van der Waals surface area contributed by atoms with Gasteiger partial charge < -0.3 is 10.8 Å². The summed E-state index contributed by atoms with van der Waals surface area (Å²) in [6, 6.07) is 11.4. The third kappa shape index (κ3) is 4.79. The summed E-state index contributed by atoms with van der Waals surface area (Å²) in [6.07, 6.45) is 11.6. The highest BCUT2D eigenvalue weighted by Crippen LogP contribution is 2.40. The number of nitrogens with two attached hydrogens (primary N) is 1. The molecule has 1 aromatic carbocycles. The summed E-state index contributed by atoms with van der Waals surface area (Å²) in [5.74, 6) is 3.78. The second kappa shape index (κ2) is 8.98. The molecule has 3 atom stereocenters. The fourth-order valence-corrected chi connectivity index (χ4v) is 5.99. The van der Waals surface area contributed by atoms with Gasteiger partial charge in [-0.2, -0.15) is 11.8 Å². The molecule has 0 bridgehead atoms. The standard InChI is InChI=1S/C24H32N2OS/c25-24(17-27)9-5-23(15-24)22-4-3-20-13-19(1-2-21(20)14-22)16-28-12-8-18-6-10-26-11-7-18/h3-4,6-7,10-11,14,19,23,27H,1-2,5,8-9,12-13,15-17,25H2/t19-,23+,24-/m1/s1. The molecule has 1 fully saturated rings. The summed E-state index contributed by atoms with van der Waals surface area (Å²) >= 11 is 2.10. The number of aryl methyl sites for hydroxylation is 2. The zero-order chi connectivity index (χ0) is 19.4. The molecule has 1 saturated carbocycles. The third-order valence-corrected chi connectivity index (χ3v) is 7.83. The van der Waals surface area contributed by atoms with Gasteiger partial charge in [-0.3, -0.25) is 4.98 Å². The molecule has 4 rings (SSSR count). The van der Waals surface area contributed by atoms with Gasteiger partial charge in [0.1, 0.15) is 0 Å². The van der Waals surface area contributed by atoms with Crippen LogP contribution in [0.2, 0.25) is 0 Å². The number of thioether (sulfide) groups is 1. The highest BCUT2D eigenvalue weighted by molar-refractivity contribution is 7.99. The van der Waals surface area contributed by atoms with Gasteiger partial charge in [0.2, 0.25) is 0 Å². The van der Waals surface area contributed by atoms with Crippen LogP contribution in [0, 0.1) is 5.92 Å². The van der Waals surface area contributed by atoms with Gasteiger partial charge in [0.25, 0.3) is 0 Å². The lowest BCUT2D eigenvalue weighted by molar-refractivity contribution is 0.198. The van der Waals surface area contributed by atoms with Crippen molar-refractivity contribution in [3.8, 4) is 0 Å². The molecule has 1 aromatic heterocycles. The summed E-state index contributed by atoms with van der Waals surface area (Å²) in [4.78, 5) is 4.09. The number of benzene rings is 1. The predicted molar refractivity (Wildman–Crippen MR) is 118 cm³/mol. The van der Waals surface area contributed by atoms with Crippen LogP contribution in [-0.4, -0.2) is 33.7 Å². The summed E-state index contributed by atoms with van der Waals surface area (Å²) < 4.78 is 0. The lowest BCUT2D eigenvalue weighted by Crippen LogP contribution is -2.40. The van der Waals surface area contributed by atoms with E-state index in [1.807, 2.05) is 12.4 Å². The molecule has 0 radical (unpaired) electrons. The Bertz CT molecular complexity index is 781. The first-order valence-corrected chi connectivity index (χ1v) is 11.8. The molecule has 0 aliphatic heterocycles. The minimum Gasteiger partial charge on any atom is -0.394 e. The number of aliphatic hydroxyl groups is 1. The van der Waals surface area contributed by atoms with Crippen molar-refractivity contribution >= 4 is 11.8 Å². The molecule has 2 aliphatic rings. The van der Waals surface area contributed by atoms with Crippen molar-refractivity contribution in [1.29, 1.82) is 0 Å². The number of pyridine rings is 1. The van der Waals surface area contributed by atoms with Gasteiger partial charge in [0, 0.05) is 17.9 Å². The normalized spacial score (nSPS) is 26.9. The topological polar surface area (TPSA) is 59.1 Å². The minimum atomic E-state index is -0.362. The van der Waals surface area contributed by atoms with Gasteiger partial charge in [-0.15, -0.1) is 0 Å². The van der Waals surface area contributed by atoms with Crippen LogP contribution in [-0.2, 0) is 19.3 Å². The molecule has 0 amide bonds. The van der Waals surface area contributed by atoms with Crippen LogP contribution >= 0.6 is 11.8 Å². The molecule has 3 nitrogen and oxygen atoms in total. The Balaban J connectivity index is 1.27. The Morgan fingerprint density at radius 1 is 1.14 bits per heavy atom. The van der Waals surface area contributed by atoms with Gasteiger partial charge in [-0.1, -0.05) is 18.2 Å². The van der Waals surface area contributed by atoms with E-state index in [-0.39, 0.29) is 12.1 Å². The molecular formula is C24H32N2OS. The van der Waals surface area contributed by atoms with E-state index < -0.39 is 0 Å². The molecule has 28 heavy (non-hydrogen) atoms. The van der Waals surface area contributed by atoms with Crippen LogP contribution in [0.1, 0.15) is 53.9 Å². The SMILES string of the molecule is N[C@]1(CO)CC[C@H](c2ccc3c(c2)CC[C@@H](CSCCc2ccncc2)C3)C1. The molecule has 0 saturated heterocycles. The van der Waals surface area contributed by atoms with Gasteiger partial charge >= 0.3 is 0 Å². The van der Waals surface area contributed by atoms with Crippen molar-refractivity contribution in [1.82, 2.24) is 4.98 Å². The summed E-state index contributed by atoms with van der Waals surface area (Å²) in [5.41, 5.74) is 11.8. The zero-order valence-corrected chi connectivity index (χ0v) is 17.5. The lowest BCUT2D eigenvalue weighted by atomic mass is 9.82. The Labute approximate surface area is 173 Å². The van der Waals surface area contributed by atoms with Crippen molar-refractivity contribution in [3.63, 3.8) is 0 Å². The molecule has 4 heteroatoms. The maximum Gasteiger partial charge on any atom is 0.0611 e. The van der Waals surface area contributed by atoms with E-state index in [2.05, 4.69) is 47.1 Å². The first kappa shape index (κ1) is 19.9. The van der Waals surface area contributed by atoms with Gasteiger partial charge in [-0.05, 0) is 103 Å². The smallest absolute Gasteiger partial charge is 0.0611 e. The molecule has 2 aliphatic carbocycles. The van der Waals surface area contributed by atoms with Crippen LogP contribution in [0.5, 0.6) is 0 Å². The number of aliphatic hydroxyl groups excluding tert-OH is 1. The number of nitrogens with zero attached hydrogens (tertiary/aromatic N) is 1. The van der Waals surface area contributed by atoms with Gasteiger partial charge in [0.05, 0.1) is 6.61 Å². The number of fused-ring (bicyclic) bond motifs is 1. The average Bonchev–Trinajstić information content (AvgIpc) is 3.14. The number of hydrogen-bond acceptors (Lipinski definition) is 4. The van der Waals surface area contributed by atoms with E-state index in [1.54, 1.807) is 11.1 Å². The quantitative estimate of drug-likeness (QED) is 0.691. The minimum absolute atomic E-state index is 0.106. The zero-order valence-electron chi connectivity index (χ0n) is 16.6. The first-order valence-electron chi connectivity index (χ1n) is 10.6. The number of rotatable bonds is 7. The van der Waals surface area contributed by atoms with Crippen molar-refractivity contribution in [3.05, 3.63) is 65.0 Å². The van der Waals surface area contributed by atoms with E-state index >= 15 is 0 Å². The molecule has 3 N–H and O–H groups in total. The largest absolute Gasteiger partial charge is 0.394 e. The molecule has 1 heterocycles. The number of hydrogen-bond donors (Lipinski definition) is 2. The van der Waals surface area contributed by atoms with Gasteiger partial charge in [-0.25, -0.2) is 0 Å². The van der Waals surface area contributed by atoms with Crippen LogP contribution in [0.15, 0.2) is 42.7 Å². The highest BCUT2D eigenvalue weighted by Gasteiger charge is 2.36. The predicted octanol–water partition coefficient (Wildman–Crippen LogP) is 4.12. The first-order chi connectivity index (χ1) is 13.6. The highest BCUT2D eigenvalue weighted by atomic mass is 32.2. The maximum atomic E-state index is 9.53. The molecule has 2 aromatic rings. The van der Waals surface area contributed by atoms with Gasteiger partial charge in [0.15, 0.2) is 0 Å². The van der Waals surface area contributed by atoms with Crippen LogP contribution < -0.4 is 5.73 Å². The van der Waals surface area contributed by atoms with Crippen molar-refractivity contribution in [2.45, 2.75) is 56.4 Å². The molecule has 0 unspecified atom stereocenters. The molecule has 0 spiro atoms. The van der Waals surface area contributed by atoms with E-state index in [1.165, 1.54) is 41.9 Å². The Hall–Kier alpha value is -1.36. The Morgan fingerprint density at radius 2 is 2.00 bits per heavy atom. The van der Waals surface area contributed by atoms with Crippen molar-refractivity contribution in [2.24, 2.45) is 11.7 Å². The fourth-order valence-electron chi connectivity index (χ4n) is 4.82. The summed E-state index contributed by atoms with van der Waals surface area (Å²) in [6.45, 7) is 0.106. The Morgan fingerprint density at radius 3 is 2.79 bits per heavy atom.